The highest BCUT2D eigenvalue weighted by Gasteiger charge is 2.05. The fraction of sp³-hybridized carbons (Fsp3) is 0.500. The van der Waals surface area contributed by atoms with E-state index in [0.717, 1.165) is 19.5 Å². The van der Waals surface area contributed by atoms with E-state index < -0.39 is 0 Å². The molecule has 0 fully saturated rings. The first kappa shape index (κ1) is 11.2. The third-order valence-electron chi connectivity index (χ3n) is 3.02. The van der Waals surface area contributed by atoms with Crippen LogP contribution in [0.4, 0.5) is 0 Å². The van der Waals surface area contributed by atoms with Crippen molar-refractivity contribution in [1.29, 1.82) is 0 Å². The van der Waals surface area contributed by atoms with E-state index in [1.807, 2.05) is 0 Å². The normalized spacial score (nSPS) is 15.3. The molecule has 2 heteroatoms. The molecule has 86 valence electrons. The molecule has 0 atom stereocenters. The van der Waals surface area contributed by atoms with Crippen LogP contribution < -0.4 is 5.32 Å². The van der Waals surface area contributed by atoms with E-state index in [9.17, 15) is 0 Å². The van der Waals surface area contributed by atoms with E-state index in [1.54, 1.807) is 0 Å². The molecule has 1 aliphatic heterocycles. The predicted octanol–water partition coefficient (Wildman–Crippen LogP) is 3.09. The van der Waals surface area contributed by atoms with Gasteiger partial charge in [0.15, 0.2) is 0 Å². The number of aliphatic imine (C=N–C) groups is 1. The maximum Gasteiger partial charge on any atom is 0.0966 e. The van der Waals surface area contributed by atoms with Gasteiger partial charge in [0.25, 0.3) is 0 Å². The van der Waals surface area contributed by atoms with E-state index in [2.05, 4.69) is 48.4 Å². The van der Waals surface area contributed by atoms with Gasteiger partial charge in [-0.05, 0) is 23.5 Å². The van der Waals surface area contributed by atoms with Gasteiger partial charge >= 0.3 is 0 Å². The van der Waals surface area contributed by atoms with Gasteiger partial charge in [0, 0.05) is 19.5 Å². The van der Waals surface area contributed by atoms with Crippen molar-refractivity contribution in [3.63, 3.8) is 0 Å². The summed E-state index contributed by atoms with van der Waals surface area (Å²) in [5, 5.41) is 3.40. The Kier molecular flexibility index (Phi) is 3.60. The van der Waals surface area contributed by atoms with E-state index in [0.29, 0.717) is 5.92 Å². The summed E-state index contributed by atoms with van der Waals surface area (Å²) in [6.45, 7) is 6.34. The van der Waals surface area contributed by atoms with Crippen LogP contribution in [0.1, 0.15) is 43.7 Å². The van der Waals surface area contributed by atoms with Crippen LogP contribution in [0.5, 0.6) is 0 Å². The summed E-state index contributed by atoms with van der Waals surface area (Å²) in [4.78, 5) is 4.40. The first-order valence-corrected chi connectivity index (χ1v) is 6.12. The molecular weight excluding hydrogens is 196 g/mol. The Morgan fingerprint density at radius 1 is 1.25 bits per heavy atom. The molecule has 16 heavy (non-hydrogen) atoms. The number of benzene rings is 1. The molecule has 0 aliphatic carbocycles. The van der Waals surface area contributed by atoms with Crippen molar-refractivity contribution in [3.8, 4) is 0 Å². The third-order valence-corrected chi connectivity index (χ3v) is 3.02. The van der Waals surface area contributed by atoms with Gasteiger partial charge in [-0.3, -0.25) is 4.99 Å². The molecule has 0 saturated heterocycles. The monoisotopic (exact) mass is 216 g/mol. The average Bonchev–Trinajstić information content (AvgIpc) is 2.80. The van der Waals surface area contributed by atoms with Crippen molar-refractivity contribution in [2.45, 2.75) is 39.2 Å². The first-order chi connectivity index (χ1) is 7.75. The first-order valence-electron chi connectivity index (χ1n) is 6.12. The second-order valence-corrected chi connectivity index (χ2v) is 4.68. The van der Waals surface area contributed by atoms with Crippen LogP contribution in [-0.4, -0.2) is 12.4 Å². The summed E-state index contributed by atoms with van der Waals surface area (Å²) >= 11 is 0. The molecule has 0 spiro atoms. The predicted molar refractivity (Wildman–Crippen MR) is 68.9 cm³/mol. The highest BCUT2D eigenvalue weighted by atomic mass is 15.0. The van der Waals surface area contributed by atoms with Crippen molar-refractivity contribution >= 4 is 5.84 Å². The van der Waals surface area contributed by atoms with Crippen LogP contribution in [0.15, 0.2) is 29.3 Å². The summed E-state index contributed by atoms with van der Waals surface area (Å²) in [5.41, 5.74) is 2.74. The van der Waals surface area contributed by atoms with E-state index >= 15 is 0 Å². The highest BCUT2D eigenvalue weighted by molar-refractivity contribution is 5.83. The van der Waals surface area contributed by atoms with Crippen LogP contribution in [0.3, 0.4) is 0 Å². The second-order valence-electron chi connectivity index (χ2n) is 4.68. The lowest BCUT2D eigenvalue weighted by Crippen LogP contribution is -2.20. The Labute approximate surface area is 97.8 Å². The van der Waals surface area contributed by atoms with Crippen molar-refractivity contribution < 1.29 is 0 Å². The maximum atomic E-state index is 4.40. The van der Waals surface area contributed by atoms with Gasteiger partial charge in [-0.2, -0.15) is 0 Å². The van der Waals surface area contributed by atoms with Crippen LogP contribution in [0.2, 0.25) is 0 Å². The molecule has 2 nitrogen and oxygen atoms in total. The molecule has 0 saturated carbocycles. The molecule has 1 heterocycles. The molecule has 0 unspecified atom stereocenters. The topological polar surface area (TPSA) is 24.4 Å². The zero-order valence-corrected chi connectivity index (χ0v) is 10.2. The Balaban J connectivity index is 1.89. The summed E-state index contributed by atoms with van der Waals surface area (Å²) < 4.78 is 0. The number of hydrogen-bond acceptors (Lipinski definition) is 2. The minimum absolute atomic E-state index is 0.612. The maximum absolute atomic E-state index is 4.40. The van der Waals surface area contributed by atoms with E-state index in [4.69, 9.17) is 0 Å². The smallest absolute Gasteiger partial charge is 0.0966 e. The molecular formula is C14H20N2. The van der Waals surface area contributed by atoms with Crippen molar-refractivity contribution in [1.82, 2.24) is 5.32 Å². The third kappa shape index (κ3) is 2.84. The SMILES string of the molecule is CC(C)c1ccc(CNC2=NCCC2)cc1. The molecule has 0 amide bonds. The number of hydrogen-bond donors (Lipinski definition) is 1. The Bertz CT molecular complexity index is 363. The Morgan fingerprint density at radius 3 is 2.56 bits per heavy atom. The van der Waals surface area contributed by atoms with Gasteiger partial charge in [-0.1, -0.05) is 38.1 Å². The summed E-state index contributed by atoms with van der Waals surface area (Å²) in [6, 6.07) is 8.85. The molecule has 0 bridgehead atoms. The van der Waals surface area contributed by atoms with Crippen molar-refractivity contribution in [3.05, 3.63) is 35.4 Å². The molecule has 1 N–H and O–H groups in total. The summed E-state index contributed by atoms with van der Waals surface area (Å²) in [6.07, 6.45) is 2.32. The molecule has 1 aromatic rings. The fourth-order valence-corrected chi connectivity index (χ4v) is 1.91. The molecule has 1 aromatic carbocycles. The van der Waals surface area contributed by atoms with Crippen molar-refractivity contribution in [2.75, 3.05) is 6.54 Å². The largest absolute Gasteiger partial charge is 0.370 e. The van der Waals surface area contributed by atoms with Gasteiger partial charge in [0.1, 0.15) is 0 Å². The number of rotatable bonds is 3. The summed E-state index contributed by atoms with van der Waals surface area (Å²) in [5.74, 6) is 1.79. The summed E-state index contributed by atoms with van der Waals surface area (Å²) in [7, 11) is 0. The lowest BCUT2D eigenvalue weighted by Gasteiger charge is -2.08. The zero-order chi connectivity index (χ0) is 11.4. The van der Waals surface area contributed by atoms with E-state index in [1.165, 1.54) is 23.4 Å². The Morgan fingerprint density at radius 2 is 2.00 bits per heavy atom. The van der Waals surface area contributed by atoms with Gasteiger partial charge in [-0.15, -0.1) is 0 Å². The van der Waals surface area contributed by atoms with Gasteiger partial charge in [-0.25, -0.2) is 0 Å². The minimum atomic E-state index is 0.612. The molecule has 0 radical (unpaired) electrons. The average molecular weight is 216 g/mol. The van der Waals surface area contributed by atoms with Gasteiger partial charge in [0.2, 0.25) is 0 Å². The number of amidine groups is 1. The standard InChI is InChI=1S/C14H20N2/c1-11(2)13-7-5-12(6-8-13)10-16-14-4-3-9-15-14/h5-8,11H,3-4,9-10H2,1-2H3,(H,15,16). The Hall–Kier alpha value is -1.31. The van der Waals surface area contributed by atoms with Crippen LogP contribution in [0.25, 0.3) is 0 Å². The molecule has 1 aliphatic rings. The van der Waals surface area contributed by atoms with Gasteiger partial charge in [0.05, 0.1) is 5.84 Å². The van der Waals surface area contributed by atoms with Gasteiger partial charge < -0.3 is 5.32 Å². The zero-order valence-electron chi connectivity index (χ0n) is 10.2. The van der Waals surface area contributed by atoms with Crippen LogP contribution >= 0.6 is 0 Å². The molecule has 0 aromatic heterocycles. The lowest BCUT2D eigenvalue weighted by molar-refractivity contribution is 0.856. The van der Waals surface area contributed by atoms with Crippen LogP contribution in [-0.2, 0) is 6.54 Å². The van der Waals surface area contributed by atoms with E-state index in [-0.39, 0.29) is 0 Å². The minimum Gasteiger partial charge on any atom is -0.370 e. The second kappa shape index (κ2) is 5.15. The van der Waals surface area contributed by atoms with Crippen LogP contribution in [0, 0.1) is 0 Å². The quantitative estimate of drug-likeness (QED) is 0.825. The highest BCUT2D eigenvalue weighted by Crippen LogP contribution is 2.14. The fourth-order valence-electron chi connectivity index (χ4n) is 1.91. The number of nitrogens with one attached hydrogen (secondary N) is 1. The van der Waals surface area contributed by atoms with Crippen molar-refractivity contribution in [2.24, 2.45) is 4.99 Å². The molecule has 2 rings (SSSR count). The number of nitrogens with zero attached hydrogens (tertiary/aromatic N) is 1. The lowest BCUT2D eigenvalue weighted by atomic mass is 10.0.